The van der Waals surface area contributed by atoms with Crippen LogP contribution in [0, 0.1) is 5.41 Å². The van der Waals surface area contributed by atoms with Gasteiger partial charge in [-0.25, -0.2) is 0 Å². The summed E-state index contributed by atoms with van der Waals surface area (Å²) >= 11 is 0. The molecule has 0 radical (unpaired) electrons. The predicted octanol–water partition coefficient (Wildman–Crippen LogP) is 2.81. The third-order valence-corrected chi connectivity index (χ3v) is 2.92. The van der Waals surface area contributed by atoms with Crippen LogP contribution in [-0.2, 0) is 0 Å². The number of ether oxygens (including phenoxy) is 1. The van der Waals surface area contributed by atoms with Crippen molar-refractivity contribution in [2.45, 2.75) is 39.9 Å². The van der Waals surface area contributed by atoms with Crippen molar-refractivity contribution in [1.82, 2.24) is 5.32 Å². The van der Waals surface area contributed by atoms with Gasteiger partial charge in [0.2, 0.25) is 0 Å². The average Bonchev–Trinajstić information content (AvgIpc) is 2.34. The lowest BCUT2D eigenvalue weighted by Crippen LogP contribution is -2.35. The van der Waals surface area contributed by atoms with Crippen molar-refractivity contribution in [2.75, 3.05) is 6.54 Å². The number of nitrogens with one attached hydrogen (secondary N) is 1. The average molecular weight is 301 g/mol. The highest BCUT2D eigenvalue weighted by atomic mass is 19.3. The van der Waals surface area contributed by atoms with Crippen LogP contribution in [0.3, 0.4) is 0 Å². The van der Waals surface area contributed by atoms with Crippen LogP contribution >= 0.6 is 0 Å². The fourth-order valence-electron chi connectivity index (χ4n) is 2.14. The second kappa shape index (κ2) is 7.36. The van der Waals surface area contributed by atoms with E-state index in [0.29, 0.717) is 13.0 Å². The highest BCUT2D eigenvalue weighted by molar-refractivity contribution is 5.96. The second-order valence-electron chi connectivity index (χ2n) is 5.77. The van der Waals surface area contributed by atoms with Crippen molar-refractivity contribution in [3.05, 3.63) is 29.8 Å². The van der Waals surface area contributed by atoms with Gasteiger partial charge in [-0.15, -0.1) is 0 Å². The van der Waals surface area contributed by atoms with Gasteiger partial charge in [-0.1, -0.05) is 26.0 Å². The maximum Gasteiger partial charge on any atom is 0.387 e. The zero-order valence-corrected chi connectivity index (χ0v) is 12.4. The maximum atomic E-state index is 12.3. The third kappa shape index (κ3) is 6.08. The summed E-state index contributed by atoms with van der Waals surface area (Å²) in [6, 6.07) is 5.84. The molecule has 0 aromatic heterocycles. The van der Waals surface area contributed by atoms with Crippen molar-refractivity contribution in [1.29, 1.82) is 0 Å². The highest BCUT2D eigenvalue weighted by Crippen LogP contribution is 2.23. The number of hydrogen-bond donors (Lipinski definition) is 2. The maximum absolute atomic E-state index is 12.3. The number of amides is 1. The summed E-state index contributed by atoms with van der Waals surface area (Å²) in [5, 5.41) is 12.1. The molecule has 0 fully saturated rings. The van der Waals surface area contributed by atoms with Crippen LogP contribution in [0.4, 0.5) is 8.78 Å². The van der Waals surface area contributed by atoms with Crippen LogP contribution in [0.2, 0.25) is 0 Å². The van der Waals surface area contributed by atoms with E-state index in [9.17, 15) is 18.7 Å². The highest BCUT2D eigenvalue weighted by Gasteiger charge is 2.22. The SMILES string of the molecule is CC(O)CC(C)(C)CNC(=O)c1ccccc1OC(F)F. The van der Waals surface area contributed by atoms with Crippen LogP contribution < -0.4 is 10.1 Å². The van der Waals surface area contributed by atoms with Gasteiger partial charge in [-0.3, -0.25) is 4.79 Å². The van der Waals surface area contributed by atoms with E-state index in [2.05, 4.69) is 10.1 Å². The van der Waals surface area contributed by atoms with E-state index in [-0.39, 0.29) is 16.7 Å². The zero-order valence-electron chi connectivity index (χ0n) is 12.4. The van der Waals surface area contributed by atoms with E-state index in [1.54, 1.807) is 13.0 Å². The third-order valence-electron chi connectivity index (χ3n) is 2.92. The van der Waals surface area contributed by atoms with E-state index >= 15 is 0 Å². The number of carbonyl (C=O) groups is 1. The number of aliphatic hydroxyl groups excluding tert-OH is 1. The largest absolute Gasteiger partial charge is 0.434 e. The summed E-state index contributed by atoms with van der Waals surface area (Å²) in [6.45, 7) is 2.82. The molecule has 1 rings (SSSR count). The standard InChI is InChI=1S/C15H21F2NO3/c1-10(19)8-15(2,3)9-18-13(20)11-6-4-5-7-12(11)21-14(16)17/h4-7,10,14,19H,8-9H2,1-3H3,(H,18,20). The van der Waals surface area contributed by atoms with Gasteiger partial charge in [0, 0.05) is 6.54 Å². The second-order valence-corrected chi connectivity index (χ2v) is 5.77. The lowest BCUT2D eigenvalue weighted by Gasteiger charge is -2.26. The topological polar surface area (TPSA) is 58.6 Å². The van der Waals surface area contributed by atoms with Gasteiger partial charge in [0.25, 0.3) is 5.91 Å². The molecule has 2 N–H and O–H groups in total. The molecule has 0 aliphatic heterocycles. The molecule has 0 saturated heterocycles. The number of rotatable bonds is 7. The Kier molecular flexibility index (Phi) is 6.08. The van der Waals surface area contributed by atoms with E-state index in [4.69, 9.17) is 0 Å². The molecule has 1 aromatic carbocycles. The Morgan fingerprint density at radius 1 is 1.38 bits per heavy atom. The van der Waals surface area contributed by atoms with Crippen molar-refractivity contribution < 1.29 is 23.4 Å². The molecular weight excluding hydrogens is 280 g/mol. The lowest BCUT2D eigenvalue weighted by atomic mass is 9.87. The number of halogens is 2. The van der Waals surface area contributed by atoms with E-state index in [1.807, 2.05) is 13.8 Å². The van der Waals surface area contributed by atoms with E-state index < -0.39 is 18.6 Å². The Balaban J connectivity index is 2.72. The normalized spacial score (nSPS) is 13.1. The molecule has 1 aromatic rings. The van der Waals surface area contributed by atoms with Gasteiger partial charge in [0.05, 0.1) is 11.7 Å². The molecule has 1 unspecified atom stereocenters. The van der Waals surface area contributed by atoms with Crippen molar-refractivity contribution >= 4 is 5.91 Å². The van der Waals surface area contributed by atoms with Crippen molar-refractivity contribution in [2.24, 2.45) is 5.41 Å². The number of para-hydroxylation sites is 1. The number of hydrogen-bond acceptors (Lipinski definition) is 3. The van der Waals surface area contributed by atoms with Gasteiger partial charge in [0.15, 0.2) is 0 Å². The minimum Gasteiger partial charge on any atom is -0.434 e. The van der Waals surface area contributed by atoms with Crippen LogP contribution in [0.5, 0.6) is 5.75 Å². The van der Waals surface area contributed by atoms with Gasteiger partial charge in [-0.05, 0) is 30.9 Å². The van der Waals surface area contributed by atoms with Crippen LogP contribution in [0.1, 0.15) is 37.6 Å². The Bertz CT molecular complexity index is 476. The van der Waals surface area contributed by atoms with Crippen LogP contribution in [0.15, 0.2) is 24.3 Å². The summed E-state index contributed by atoms with van der Waals surface area (Å²) in [6.07, 6.45) is 0.0361. The summed E-state index contributed by atoms with van der Waals surface area (Å²) in [7, 11) is 0. The predicted molar refractivity (Wildman–Crippen MR) is 75.5 cm³/mol. The molecule has 0 bridgehead atoms. The summed E-state index contributed by atoms with van der Waals surface area (Å²) in [4.78, 5) is 12.1. The molecule has 0 aliphatic carbocycles. The number of aliphatic hydroxyl groups is 1. The Morgan fingerprint density at radius 3 is 2.57 bits per heavy atom. The summed E-state index contributed by atoms with van der Waals surface area (Å²) < 4.78 is 28.9. The molecule has 1 amide bonds. The van der Waals surface area contributed by atoms with Gasteiger partial charge in [-0.2, -0.15) is 8.78 Å². The Hall–Kier alpha value is -1.69. The first-order valence-electron chi connectivity index (χ1n) is 6.71. The number of benzene rings is 1. The molecule has 21 heavy (non-hydrogen) atoms. The van der Waals surface area contributed by atoms with E-state index in [1.165, 1.54) is 18.2 Å². The molecule has 0 spiro atoms. The van der Waals surface area contributed by atoms with Crippen molar-refractivity contribution in [3.8, 4) is 5.75 Å². The zero-order chi connectivity index (χ0) is 16.0. The van der Waals surface area contributed by atoms with Crippen molar-refractivity contribution in [3.63, 3.8) is 0 Å². The first-order valence-corrected chi connectivity index (χ1v) is 6.71. The first kappa shape index (κ1) is 17.4. The van der Waals surface area contributed by atoms with Crippen LogP contribution in [0.25, 0.3) is 0 Å². The Morgan fingerprint density at radius 2 is 2.00 bits per heavy atom. The molecule has 0 heterocycles. The Labute approximate surface area is 123 Å². The molecule has 1 atom stereocenters. The molecule has 0 aliphatic rings. The molecular formula is C15H21F2NO3. The first-order chi connectivity index (χ1) is 9.71. The van der Waals surface area contributed by atoms with Crippen LogP contribution in [-0.4, -0.2) is 30.3 Å². The minimum absolute atomic E-state index is 0.0608. The quantitative estimate of drug-likeness (QED) is 0.814. The fourth-order valence-corrected chi connectivity index (χ4v) is 2.14. The summed E-state index contributed by atoms with van der Waals surface area (Å²) in [5.74, 6) is -0.636. The van der Waals surface area contributed by atoms with Gasteiger partial charge in [0.1, 0.15) is 5.75 Å². The molecule has 4 nitrogen and oxygen atoms in total. The smallest absolute Gasteiger partial charge is 0.387 e. The minimum atomic E-state index is -2.98. The molecule has 0 saturated carbocycles. The fraction of sp³-hybridized carbons (Fsp3) is 0.533. The molecule has 6 heteroatoms. The number of alkyl halides is 2. The van der Waals surface area contributed by atoms with E-state index in [0.717, 1.165) is 0 Å². The van der Waals surface area contributed by atoms with Gasteiger partial charge < -0.3 is 15.2 Å². The molecule has 118 valence electrons. The summed E-state index contributed by atoms with van der Waals surface area (Å²) in [5.41, 5.74) is -0.242. The number of carbonyl (C=O) groups excluding carboxylic acids is 1. The lowest BCUT2D eigenvalue weighted by molar-refractivity contribution is -0.0501. The van der Waals surface area contributed by atoms with Gasteiger partial charge >= 0.3 is 6.61 Å². The monoisotopic (exact) mass is 301 g/mol.